The lowest BCUT2D eigenvalue weighted by Crippen LogP contribution is -2.69. The van der Waals surface area contributed by atoms with Crippen molar-refractivity contribution >= 4 is 0 Å². The minimum atomic E-state index is 0.0480. The van der Waals surface area contributed by atoms with E-state index in [0.29, 0.717) is 11.3 Å². The Hall–Kier alpha value is -0.0400. The zero-order chi connectivity index (χ0) is 8.15. The topological polar surface area (TPSA) is 26.0 Å². The van der Waals surface area contributed by atoms with Crippen LogP contribution < -0.4 is 5.73 Å². The molecule has 0 aliphatic heterocycles. The van der Waals surface area contributed by atoms with Crippen LogP contribution in [0.1, 0.15) is 34.6 Å². The summed E-state index contributed by atoms with van der Waals surface area (Å²) in [6, 6.07) is 0. The Morgan fingerprint density at radius 1 is 1.00 bits per heavy atom. The first-order chi connectivity index (χ1) is 4.32. The highest BCUT2D eigenvalue weighted by Gasteiger charge is 2.57. The largest absolute Gasteiger partial charge is 0.325 e. The van der Waals surface area contributed by atoms with E-state index in [-0.39, 0.29) is 5.54 Å². The lowest BCUT2D eigenvalue weighted by molar-refractivity contribution is -0.0906. The molecule has 1 nitrogen and oxygen atoms in total. The van der Waals surface area contributed by atoms with Gasteiger partial charge in [0.25, 0.3) is 0 Å². The van der Waals surface area contributed by atoms with Gasteiger partial charge in [0.05, 0.1) is 0 Å². The molecule has 0 heterocycles. The molecule has 0 aromatic rings. The molecule has 3 unspecified atom stereocenters. The van der Waals surface area contributed by atoms with Crippen LogP contribution in [0, 0.1) is 17.3 Å². The van der Waals surface area contributed by atoms with Crippen molar-refractivity contribution in [1.29, 1.82) is 0 Å². The van der Waals surface area contributed by atoms with Crippen LogP contribution in [-0.4, -0.2) is 5.54 Å². The molecular weight excluding hydrogens is 122 g/mol. The third kappa shape index (κ3) is 0.619. The van der Waals surface area contributed by atoms with Gasteiger partial charge in [0.1, 0.15) is 0 Å². The summed E-state index contributed by atoms with van der Waals surface area (Å²) >= 11 is 0. The molecule has 3 atom stereocenters. The molecule has 0 aromatic carbocycles. The maximum absolute atomic E-state index is 6.13. The fourth-order valence-corrected chi connectivity index (χ4v) is 2.13. The summed E-state index contributed by atoms with van der Waals surface area (Å²) in [5.41, 5.74) is 6.51. The Labute approximate surface area is 64.0 Å². The lowest BCUT2D eigenvalue weighted by Gasteiger charge is -2.62. The van der Waals surface area contributed by atoms with Crippen molar-refractivity contribution < 1.29 is 0 Å². The van der Waals surface area contributed by atoms with Gasteiger partial charge in [-0.1, -0.05) is 27.7 Å². The lowest BCUT2D eigenvalue weighted by atomic mass is 9.46. The molecule has 0 amide bonds. The molecule has 1 rings (SSSR count). The first-order valence-corrected chi connectivity index (χ1v) is 4.10. The van der Waals surface area contributed by atoms with Crippen LogP contribution in [0.25, 0.3) is 0 Å². The van der Waals surface area contributed by atoms with Gasteiger partial charge in [-0.3, -0.25) is 0 Å². The van der Waals surface area contributed by atoms with E-state index < -0.39 is 0 Å². The molecule has 0 saturated heterocycles. The normalized spacial score (nSPS) is 52.2. The van der Waals surface area contributed by atoms with E-state index in [9.17, 15) is 0 Å². The van der Waals surface area contributed by atoms with Crippen LogP contribution in [0.15, 0.2) is 0 Å². The van der Waals surface area contributed by atoms with Gasteiger partial charge in [-0.05, 0) is 24.2 Å². The van der Waals surface area contributed by atoms with Gasteiger partial charge in [-0.25, -0.2) is 0 Å². The van der Waals surface area contributed by atoms with Crippen molar-refractivity contribution in [2.75, 3.05) is 0 Å². The van der Waals surface area contributed by atoms with Crippen molar-refractivity contribution in [3.05, 3.63) is 0 Å². The average molecular weight is 141 g/mol. The first-order valence-electron chi connectivity index (χ1n) is 4.10. The van der Waals surface area contributed by atoms with E-state index >= 15 is 0 Å². The Morgan fingerprint density at radius 3 is 1.50 bits per heavy atom. The van der Waals surface area contributed by atoms with Crippen molar-refractivity contribution in [2.45, 2.75) is 40.2 Å². The second-order valence-corrected chi connectivity index (χ2v) is 4.58. The zero-order valence-corrected chi connectivity index (χ0v) is 7.73. The van der Waals surface area contributed by atoms with Crippen molar-refractivity contribution in [2.24, 2.45) is 23.0 Å². The fraction of sp³-hybridized carbons (Fsp3) is 1.00. The fourth-order valence-electron chi connectivity index (χ4n) is 2.13. The van der Waals surface area contributed by atoms with Gasteiger partial charge in [-0.15, -0.1) is 0 Å². The minimum absolute atomic E-state index is 0.0480. The molecule has 0 aromatic heterocycles. The molecule has 2 N–H and O–H groups in total. The van der Waals surface area contributed by atoms with E-state index in [1.807, 2.05) is 0 Å². The molecule has 0 bridgehead atoms. The highest BCUT2D eigenvalue weighted by Crippen LogP contribution is 2.56. The zero-order valence-electron chi connectivity index (χ0n) is 7.73. The number of hydrogen-bond acceptors (Lipinski definition) is 1. The van der Waals surface area contributed by atoms with Gasteiger partial charge in [-0.2, -0.15) is 0 Å². The van der Waals surface area contributed by atoms with Crippen LogP contribution in [-0.2, 0) is 0 Å². The minimum Gasteiger partial charge on any atom is -0.325 e. The molecule has 1 saturated carbocycles. The van der Waals surface area contributed by atoms with Gasteiger partial charge in [0.2, 0.25) is 0 Å². The summed E-state index contributed by atoms with van der Waals surface area (Å²) in [5, 5.41) is 0. The average Bonchev–Trinajstić information content (AvgIpc) is 1.84. The Kier molecular flexibility index (Phi) is 1.42. The number of nitrogens with two attached hydrogens (primary N) is 1. The van der Waals surface area contributed by atoms with Crippen LogP contribution in [0.3, 0.4) is 0 Å². The van der Waals surface area contributed by atoms with Gasteiger partial charge in [0, 0.05) is 5.54 Å². The third-order valence-corrected chi connectivity index (χ3v) is 4.22. The monoisotopic (exact) mass is 141 g/mol. The molecule has 0 radical (unpaired) electrons. The maximum Gasteiger partial charge on any atom is 0.0208 e. The second-order valence-electron chi connectivity index (χ2n) is 4.58. The molecule has 1 aliphatic rings. The SMILES string of the molecule is CC1C(C)C(C)(N)C1(C)C. The predicted molar refractivity (Wildman–Crippen MR) is 44.7 cm³/mol. The summed E-state index contributed by atoms with van der Waals surface area (Å²) in [5.74, 6) is 1.44. The predicted octanol–water partition coefficient (Wildman–Crippen LogP) is 2.02. The van der Waals surface area contributed by atoms with Crippen molar-refractivity contribution in [3.63, 3.8) is 0 Å². The molecule has 1 heteroatoms. The molecular formula is C9H19N. The Morgan fingerprint density at radius 2 is 1.40 bits per heavy atom. The highest BCUT2D eigenvalue weighted by molar-refractivity contribution is 5.12. The van der Waals surface area contributed by atoms with E-state index in [2.05, 4.69) is 34.6 Å². The van der Waals surface area contributed by atoms with Gasteiger partial charge < -0.3 is 5.73 Å². The highest BCUT2D eigenvalue weighted by atomic mass is 14.9. The molecule has 60 valence electrons. The van der Waals surface area contributed by atoms with Crippen LogP contribution >= 0.6 is 0 Å². The summed E-state index contributed by atoms with van der Waals surface area (Å²) in [6.07, 6.45) is 0. The maximum atomic E-state index is 6.13. The summed E-state index contributed by atoms with van der Waals surface area (Å²) in [7, 11) is 0. The van der Waals surface area contributed by atoms with Crippen LogP contribution in [0.5, 0.6) is 0 Å². The molecule has 0 spiro atoms. The standard InChI is InChI=1S/C9H19N/c1-6-7(2)9(5,10)8(6,3)4/h6-7H,10H2,1-5H3. The van der Waals surface area contributed by atoms with E-state index in [1.54, 1.807) is 0 Å². The van der Waals surface area contributed by atoms with Crippen molar-refractivity contribution in [3.8, 4) is 0 Å². The molecule has 1 fully saturated rings. The first kappa shape index (κ1) is 8.06. The Balaban J connectivity index is 2.82. The van der Waals surface area contributed by atoms with E-state index in [4.69, 9.17) is 5.73 Å². The number of rotatable bonds is 0. The Bertz CT molecular complexity index is 129. The van der Waals surface area contributed by atoms with Gasteiger partial charge >= 0.3 is 0 Å². The smallest absolute Gasteiger partial charge is 0.0208 e. The van der Waals surface area contributed by atoms with Crippen molar-refractivity contribution in [1.82, 2.24) is 0 Å². The van der Waals surface area contributed by atoms with Crippen LogP contribution in [0.4, 0.5) is 0 Å². The second kappa shape index (κ2) is 1.76. The summed E-state index contributed by atoms with van der Waals surface area (Å²) in [4.78, 5) is 0. The quantitative estimate of drug-likeness (QED) is 0.548. The molecule has 1 aliphatic carbocycles. The summed E-state index contributed by atoms with van der Waals surface area (Å²) in [6.45, 7) is 11.2. The molecule has 10 heavy (non-hydrogen) atoms. The third-order valence-electron chi connectivity index (χ3n) is 4.22. The van der Waals surface area contributed by atoms with Crippen LogP contribution in [0.2, 0.25) is 0 Å². The van der Waals surface area contributed by atoms with E-state index in [0.717, 1.165) is 5.92 Å². The van der Waals surface area contributed by atoms with E-state index in [1.165, 1.54) is 0 Å². The number of hydrogen-bond donors (Lipinski definition) is 1. The summed E-state index contributed by atoms with van der Waals surface area (Å²) < 4.78 is 0. The van der Waals surface area contributed by atoms with Gasteiger partial charge in [0.15, 0.2) is 0 Å².